The zero-order valence-electron chi connectivity index (χ0n) is 15.3. The molecule has 0 bridgehead atoms. The summed E-state index contributed by atoms with van der Waals surface area (Å²) in [6.07, 6.45) is 8.25. The highest BCUT2D eigenvalue weighted by Crippen LogP contribution is 2.12. The molecule has 0 rings (SSSR count). The molecule has 0 unspecified atom stereocenters. The summed E-state index contributed by atoms with van der Waals surface area (Å²) in [6, 6.07) is 1.06. The molecule has 0 aliphatic carbocycles. The average molecular weight is 333 g/mol. The first kappa shape index (κ1) is 21.6. The van der Waals surface area contributed by atoms with Crippen LogP contribution in [-0.2, 0) is 19.0 Å². The van der Waals surface area contributed by atoms with Gasteiger partial charge in [-0.3, -0.25) is 4.79 Å². The van der Waals surface area contributed by atoms with Crippen molar-refractivity contribution in [1.29, 1.82) is 0 Å². The lowest BCUT2D eigenvalue weighted by atomic mass is 10.1. The molecule has 5 heteroatoms. The molecule has 0 aliphatic rings. The second-order valence-corrected chi connectivity index (χ2v) is 12.7. The lowest BCUT2D eigenvalue weighted by Gasteiger charge is -2.15. The van der Waals surface area contributed by atoms with Crippen LogP contribution in [0.25, 0.3) is 0 Å². The molecule has 0 N–H and O–H groups in total. The zero-order chi connectivity index (χ0) is 16.8. The smallest absolute Gasteiger partial charge is 0.305 e. The number of carbonyl (C=O) groups excluding carboxylic acids is 1. The number of methoxy groups -OCH3 is 2. The zero-order valence-corrected chi connectivity index (χ0v) is 16.3. The summed E-state index contributed by atoms with van der Waals surface area (Å²) >= 11 is 0. The average Bonchev–Trinajstić information content (AvgIpc) is 2.44. The highest BCUT2D eigenvalue weighted by Gasteiger charge is 2.13. The fourth-order valence-corrected chi connectivity index (χ4v) is 2.88. The van der Waals surface area contributed by atoms with E-state index in [2.05, 4.69) is 19.6 Å². The second-order valence-electron chi connectivity index (χ2n) is 7.09. The van der Waals surface area contributed by atoms with Gasteiger partial charge in [-0.25, -0.2) is 0 Å². The van der Waals surface area contributed by atoms with E-state index >= 15 is 0 Å². The van der Waals surface area contributed by atoms with Crippen molar-refractivity contribution in [2.45, 2.75) is 83.3 Å². The van der Waals surface area contributed by atoms with Crippen LogP contribution in [0.4, 0.5) is 0 Å². The van der Waals surface area contributed by atoms with Gasteiger partial charge in [0.15, 0.2) is 6.29 Å². The van der Waals surface area contributed by atoms with Crippen LogP contribution in [0.5, 0.6) is 0 Å². The van der Waals surface area contributed by atoms with E-state index in [1.54, 1.807) is 14.2 Å². The number of hydrogen-bond acceptors (Lipinski definition) is 4. The molecule has 0 radical (unpaired) electrons. The molecule has 0 saturated heterocycles. The maximum atomic E-state index is 11.6. The minimum Gasteiger partial charge on any atom is -0.466 e. The summed E-state index contributed by atoms with van der Waals surface area (Å²) in [5.41, 5.74) is 0. The SMILES string of the molecule is COC(CCCCCCCCC(=O)OCC[Si](C)(C)C)OC. The lowest BCUT2D eigenvalue weighted by molar-refractivity contribution is -0.143. The van der Waals surface area contributed by atoms with Crippen molar-refractivity contribution in [2.75, 3.05) is 20.8 Å². The van der Waals surface area contributed by atoms with Gasteiger partial charge in [-0.05, 0) is 25.3 Å². The first-order valence-corrected chi connectivity index (χ1v) is 12.3. The summed E-state index contributed by atoms with van der Waals surface area (Å²) < 4.78 is 15.6. The van der Waals surface area contributed by atoms with Crippen molar-refractivity contribution in [3.8, 4) is 0 Å². The molecule has 0 atom stereocenters. The highest BCUT2D eigenvalue weighted by atomic mass is 28.3. The summed E-state index contributed by atoms with van der Waals surface area (Å²) in [5, 5.41) is 0. The van der Waals surface area contributed by atoms with Crippen molar-refractivity contribution in [3.63, 3.8) is 0 Å². The van der Waals surface area contributed by atoms with Crippen LogP contribution < -0.4 is 0 Å². The predicted molar refractivity (Wildman–Crippen MR) is 93.9 cm³/mol. The highest BCUT2D eigenvalue weighted by molar-refractivity contribution is 6.76. The van der Waals surface area contributed by atoms with Gasteiger partial charge in [-0.1, -0.05) is 45.3 Å². The number of unbranched alkanes of at least 4 members (excludes halogenated alkanes) is 5. The molecule has 132 valence electrons. The molecular weight excluding hydrogens is 296 g/mol. The largest absolute Gasteiger partial charge is 0.466 e. The second kappa shape index (κ2) is 13.1. The van der Waals surface area contributed by atoms with Gasteiger partial charge in [-0.15, -0.1) is 0 Å². The molecule has 0 aromatic carbocycles. The van der Waals surface area contributed by atoms with Gasteiger partial charge in [0.25, 0.3) is 0 Å². The van der Waals surface area contributed by atoms with E-state index in [-0.39, 0.29) is 12.3 Å². The molecule has 0 aromatic rings. The summed E-state index contributed by atoms with van der Waals surface area (Å²) in [7, 11) is 2.27. The van der Waals surface area contributed by atoms with Crippen LogP contribution >= 0.6 is 0 Å². The topological polar surface area (TPSA) is 44.8 Å². The maximum Gasteiger partial charge on any atom is 0.305 e. The third-order valence-electron chi connectivity index (χ3n) is 3.71. The summed E-state index contributed by atoms with van der Waals surface area (Å²) in [6.45, 7) is 7.49. The quantitative estimate of drug-likeness (QED) is 0.202. The van der Waals surface area contributed by atoms with Crippen LogP contribution in [-0.4, -0.2) is 41.2 Å². The summed E-state index contributed by atoms with van der Waals surface area (Å²) in [5.74, 6) is -0.0266. The first-order chi connectivity index (χ1) is 10.4. The van der Waals surface area contributed by atoms with Gasteiger partial charge in [-0.2, -0.15) is 0 Å². The van der Waals surface area contributed by atoms with Gasteiger partial charge in [0.05, 0.1) is 6.61 Å². The van der Waals surface area contributed by atoms with Crippen LogP contribution in [0, 0.1) is 0 Å². The third-order valence-corrected chi connectivity index (χ3v) is 5.42. The Morgan fingerprint density at radius 2 is 1.45 bits per heavy atom. The Bertz CT molecular complexity index is 272. The third kappa shape index (κ3) is 14.5. The van der Waals surface area contributed by atoms with Crippen LogP contribution in [0.2, 0.25) is 25.7 Å². The van der Waals surface area contributed by atoms with Crippen molar-refractivity contribution < 1.29 is 19.0 Å². The molecule has 0 heterocycles. The van der Waals surface area contributed by atoms with Gasteiger partial charge in [0, 0.05) is 28.7 Å². The van der Waals surface area contributed by atoms with Gasteiger partial charge >= 0.3 is 5.97 Å². The monoisotopic (exact) mass is 332 g/mol. The van der Waals surface area contributed by atoms with Crippen molar-refractivity contribution >= 4 is 14.0 Å². The lowest BCUT2D eigenvalue weighted by Crippen LogP contribution is -2.22. The number of ether oxygens (including phenoxy) is 3. The maximum absolute atomic E-state index is 11.6. The predicted octanol–water partition coefficient (Wildman–Crippen LogP) is 4.61. The molecule has 22 heavy (non-hydrogen) atoms. The van der Waals surface area contributed by atoms with Gasteiger partial charge < -0.3 is 14.2 Å². The number of carbonyl (C=O) groups is 1. The minimum atomic E-state index is -1.09. The van der Waals surface area contributed by atoms with Crippen molar-refractivity contribution in [2.24, 2.45) is 0 Å². The minimum absolute atomic E-state index is 0.0266. The van der Waals surface area contributed by atoms with E-state index in [0.717, 1.165) is 31.7 Å². The van der Waals surface area contributed by atoms with Crippen LogP contribution in [0.15, 0.2) is 0 Å². The normalized spacial score (nSPS) is 11.9. The van der Waals surface area contributed by atoms with Crippen LogP contribution in [0.3, 0.4) is 0 Å². The standard InChI is InChI=1S/C17H36O4Si/c1-19-17(20-2)13-11-9-7-6-8-10-12-16(18)21-14-15-22(3,4)5/h17H,6-15H2,1-5H3. The molecule has 4 nitrogen and oxygen atoms in total. The van der Waals surface area contributed by atoms with E-state index in [4.69, 9.17) is 14.2 Å². The summed E-state index contributed by atoms with van der Waals surface area (Å²) in [4.78, 5) is 11.6. The van der Waals surface area contributed by atoms with Gasteiger partial charge in [0.2, 0.25) is 0 Å². The molecule has 0 aromatic heterocycles. The van der Waals surface area contributed by atoms with Crippen LogP contribution in [0.1, 0.15) is 51.4 Å². The molecule has 0 saturated carbocycles. The van der Waals surface area contributed by atoms with E-state index in [1.165, 1.54) is 19.3 Å². The van der Waals surface area contributed by atoms with Gasteiger partial charge in [0.1, 0.15) is 0 Å². The Balaban J connectivity index is 3.33. The molecule has 0 spiro atoms. The fraction of sp³-hybridized carbons (Fsp3) is 0.941. The van der Waals surface area contributed by atoms with Crippen molar-refractivity contribution in [3.05, 3.63) is 0 Å². The number of hydrogen-bond donors (Lipinski definition) is 0. The Hall–Kier alpha value is -0.393. The van der Waals surface area contributed by atoms with Crippen molar-refractivity contribution in [1.82, 2.24) is 0 Å². The fourth-order valence-electron chi connectivity index (χ4n) is 2.16. The van der Waals surface area contributed by atoms with E-state index < -0.39 is 8.07 Å². The van der Waals surface area contributed by atoms with E-state index in [1.807, 2.05) is 0 Å². The van der Waals surface area contributed by atoms with E-state index in [0.29, 0.717) is 13.0 Å². The molecule has 0 amide bonds. The Morgan fingerprint density at radius 3 is 2.00 bits per heavy atom. The molecular formula is C17H36O4Si. The number of esters is 1. The Labute approximate surface area is 137 Å². The molecule has 0 aliphatic heterocycles. The molecule has 0 fully saturated rings. The first-order valence-electron chi connectivity index (χ1n) is 8.60. The van der Waals surface area contributed by atoms with E-state index in [9.17, 15) is 4.79 Å². The Kier molecular flexibility index (Phi) is 12.8. The number of rotatable bonds is 14. The Morgan fingerprint density at radius 1 is 0.909 bits per heavy atom.